The van der Waals surface area contributed by atoms with Crippen molar-refractivity contribution in [3.05, 3.63) is 52.2 Å². The number of nitrogen functional groups attached to an aromatic ring is 1. The molecule has 0 amide bonds. The molecule has 116 valence electrons. The van der Waals surface area contributed by atoms with Crippen molar-refractivity contribution in [2.45, 2.75) is 19.8 Å². The summed E-state index contributed by atoms with van der Waals surface area (Å²) in [6.45, 7) is 2.04. The van der Waals surface area contributed by atoms with Gasteiger partial charge in [0.25, 0.3) is 5.69 Å². The number of benzene rings is 1. The first kappa shape index (κ1) is 14.8. The van der Waals surface area contributed by atoms with Crippen LogP contribution < -0.4 is 5.73 Å². The van der Waals surface area contributed by atoms with E-state index in [1.54, 1.807) is 30.3 Å². The lowest BCUT2D eigenvalue weighted by atomic mass is 10.1. The summed E-state index contributed by atoms with van der Waals surface area (Å²) in [5.41, 5.74) is 8.78. The molecule has 23 heavy (non-hydrogen) atoms. The molecule has 0 aliphatic rings. The molecule has 0 radical (unpaired) electrons. The molecule has 0 saturated heterocycles. The van der Waals surface area contributed by atoms with Crippen molar-refractivity contribution < 1.29 is 4.92 Å². The molecule has 0 saturated carbocycles. The fourth-order valence-corrected chi connectivity index (χ4v) is 2.50. The lowest BCUT2D eigenvalue weighted by Crippen LogP contribution is -2.03. The molecule has 0 fully saturated rings. The van der Waals surface area contributed by atoms with Gasteiger partial charge in [0.2, 0.25) is 5.95 Å². The molecule has 0 atom stereocenters. The summed E-state index contributed by atoms with van der Waals surface area (Å²) in [6, 6.07) is 10.0. The number of nitro benzene ring substituents is 1. The highest BCUT2D eigenvalue weighted by Gasteiger charge is 2.16. The maximum absolute atomic E-state index is 11.2. The number of aromatic nitrogens is 3. The molecule has 0 unspecified atom stereocenters. The minimum absolute atomic E-state index is 0.0211. The number of pyridine rings is 1. The van der Waals surface area contributed by atoms with Crippen molar-refractivity contribution in [2.75, 3.05) is 5.73 Å². The van der Waals surface area contributed by atoms with Gasteiger partial charge in [0.05, 0.1) is 27.4 Å². The van der Waals surface area contributed by atoms with Crippen LogP contribution in [0, 0.1) is 10.1 Å². The molecule has 2 aromatic heterocycles. The molecule has 3 rings (SSSR count). The Morgan fingerprint density at radius 3 is 2.65 bits per heavy atom. The maximum Gasteiger partial charge on any atom is 0.278 e. The van der Waals surface area contributed by atoms with Crippen molar-refractivity contribution in [3.8, 4) is 11.3 Å². The fraction of sp³-hybridized carbons (Fsp3) is 0.188. The number of nitrogens with two attached hydrogens (primary N) is 1. The Morgan fingerprint density at radius 1 is 1.13 bits per heavy atom. The Bertz CT molecular complexity index is 895. The van der Waals surface area contributed by atoms with Crippen molar-refractivity contribution >= 4 is 22.7 Å². The van der Waals surface area contributed by atoms with Crippen LogP contribution >= 0.6 is 0 Å². The van der Waals surface area contributed by atoms with Gasteiger partial charge in [-0.15, -0.1) is 0 Å². The predicted octanol–water partition coefficient (Wildman–Crippen LogP) is 3.13. The number of rotatable bonds is 4. The average molecular weight is 309 g/mol. The standard InChI is InChI=1S/C16H15N5O2/c1-2-5-12-15-13(20-16(17)19-12)9-8-11(18-15)10-6-3-4-7-14(10)21(22)23/h3-4,6-9H,2,5H2,1H3,(H2,17,19,20). The molecule has 0 aliphatic carbocycles. The van der Waals surface area contributed by atoms with E-state index < -0.39 is 4.92 Å². The summed E-state index contributed by atoms with van der Waals surface area (Å²) in [4.78, 5) is 23.8. The van der Waals surface area contributed by atoms with Crippen LogP contribution in [-0.2, 0) is 6.42 Å². The lowest BCUT2D eigenvalue weighted by molar-refractivity contribution is -0.384. The van der Waals surface area contributed by atoms with Gasteiger partial charge in [0, 0.05) is 6.07 Å². The topological polar surface area (TPSA) is 108 Å². The van der Waals surface area contributed by atoms with E-state index >= 15 is 0 Å². The molecule has 0 aliphatic heterocycles. The number of hydrogen-bond acceptors (Lipinski definition) is 6. The van der Waals surface area contributed by atoms with Gasteiger partial charge in [-0.05, 0) is 24.6 Å². The number of para-hydroxylation sites is 1. The minimum Gasteiger partial charge on any atom is -0.368 e. The van der Waals surface area contributed by atoms with Gasteiger partial charge in [-0.25, -0.2) is 15.0 Å². The van der Waals surface area contributed by atoms with E-state index in [1.165, 1.54) is 6.07 Å². The Hall–Kier alpha value is -3.09. The summed E-state index contributed by atoms with van der Waals surface area (Å²) >= 11 is 0. The van der Waals surface area contributed by atoms with E-state index in [4.69, 9.17) is 5.73 Å². The first-order valence-electron chi connectivity index (χ1n) is 7.27. The van der Waals surface area contributed by atoms with Gasteiger partial charge in [-0.2, -0.15) is 0 Å². The summed E-state index contributed by atoms with van der Waals surface area (Å²) in [6.07, 6.45) is 1.61. The number of hydrogen-bond donors (Lipinski definition) is 1. The van der Waals surface area contributed by atoms with Crippen LogP contribution in [0.15, 0.2) is 36.4 Å². The molecule has 2 N–H and O–H groups in total. The summed E-state index contributed by atoms with van der Waals surface area (Å²) in [5, 5.41) is 11.2. The maximum atomic E-state index is 11.2. The first-order chi connectivity index (χ1) is 11.1. The van der Waals surface area contributed by atoms with Gasteiger partial charge in [-0.1, -0.05) is 25.5 Å². The third kappa shape index (κ3) is 2.80. The fourth-order valence-electron chi connectivity index (χ4n) is 2.50. The average Bonchev–Trinajstić information content (AvgIpc) is 2.54. The van der Waals surface area contributed by atoms with E-state index in [0.29, 0.717) is 22.3 Å². The van der Waals surface area contributed by atoms with E-state index in [0.717, 1.165) is 18.5 Å². The Balaban J connectivity index is 2.23. The van der Waals surface area contributed by atoms with Gasteiger partial charge >= 0.3 is 0 Å². The number of nitrogens with zero attached hydrogens (tertiary/aromatic N) is 4. The normalized spacial score (nSPS) is 10.8. The zero-order valence-electron chi connectivity index (χ0n) is 12.6. The molecule has 1 aromatic carbocycles. The molecular weight excluding hydrogens is 294 g/mol. The van der Waals surface area contributed by atoms with Crippen molar-refractivity contribution in [1.82, 2.24) is 15.0 Å². The van der Waals surface area contributed by atoms with Crippen molar-refractivity contribution in [2.24, 2.45) is 0 Å². The van der Waals surface area contributed by atoms with Crippen LogP contribution in [0.25, 0.3) is 22.3 Å². The van der Waals surface area contributed by atoms with E-state index in [1.807, 2.05) is 6.92 Å². The molecule has 7 nitrogen and oxygen atoms in total. The molecular formula is C16H15N5O2. The van der Waals surface area contributed by atoms with Gasteiger partial charge in [-0.3, -0.25) is 10.1 Å². The molecule has 0 spiro atoms. The minimum atomic E-state index is -0.409. The number of fused-ring (bicyclic) bond motifs is 1. The van der Waals surface area contributed by atoms with Crippen LogP contribution in [0.4, 0.5) is 11.6 Å². The van der Waals surface area contributed by atoms with Gasteiger partial charge in [0.1, 0.15) is 5.52 Å². The second kappa shape index (κ2) is 5.96. The predicted molar refractivity (Wildman–Crippen MR) is 87.8 cm³/mol. The van der Waals surface area contributed by atoms with Crippen LogP contribution in [0.1, 0.15) is 19.0 Å². The molecule has 7 heteroatoms. The SMILES string of the molecule is CCCc1nc(N)nc2ccc(-c3ccccc3[N+](=O)[O-])nc12. The van der Waals surface area contributed by atoms with E-state index in [2.05, 4.69) is 15.0 Å². The monoisotopic (exact) mass is 309 g/mol. The van der Waals surface area contributed by atoms with Crippen LogP contribution in [0.3, 0.4) is 0 Å². The highest BCUT2D eigenvalue weighted by atomic mass is 16.6. The highest BCUT2D eigenvalue weighted by molar-refractivity contribution is 5.82. The first-order valence-corrected chi connectivity index (χ1v) is 7.27. The zero-order valence-corrected chi connectivity index (χ0v) is 12.6. The molecule has 0 bridgehead atoms. The largest absolute Gasteiger partial charge is 0.368 e. The highest BCUT2D eigenvalue weighted by Crippen LogP contribution is 2.29. The third-order valence-electron chi connectivity index (χ3n) is 3.50. The van der Waals surface area contributed by atoms with Crippen LogP contribution in [0.5, 0.6) is 0 Å². The Morgan fingerprint density at radius 2 is 1.91 bits per heavy atom. The smallest absolute Gasteiger partial charge is 0.278 e. The van der Waals surface area contributed by atoms with Crippen molar-refractivity contribution in [1.29, 1.82) is 0 Å². The zero-order chi connectivity index (χ0) is 16.4. The number of aryl methyl sites for hydroxylation is 1. The quantitative estimate of drug-likeness (QED) is 0.586. The van der Waals surface area contributed by atoms with Gasteiger partial charge < -0.3 is 5.73 Å². The number of nitro groups is 1. The summed E-state index contributed by atoms with van der Waals surface area (Å²) < 4.78 is 0. The van der Waals surface area contributed by atoms with Crippen molar-refractivity contribution in [3.63, 3.8) is 0 Å². The van der Waals surface area contributed by atoms with Gasteiger partial charge in [0.15, 0.2) is 0 Å². The lowest BCUT2D eigenvalue weighted by Gasteiger charge is -2.07. The van der Waals surface area contributed by atoms with Crippen LogP contribution in [0.2, 0.25) is 0 Å². The Labute approximate surface area is 132 Å². The number of anilines is 1. The van der Waals surface area contributed by atoms with E-state index in [-0.39, 0.29) is 11.6 Å². The second-order valence-corrected chi connectivity index (χ2v) is 5.12. The van der Waals surface area contributed by atoms with Crippen LogP contribution in [-0.4, -0.2) is 19.9 Å². The molecule has 3 aromatic rings. The third-order valence-corrected chi connectivity index (χ3v) is 3.50. The van der Waals surface area contributed by atoms with E-state index in [9.17, 15) is 10.1 Å². The summed E-state index contributed by atoms with van der Waals surface area (Å²) in [7, 11) is 0. The Kier molecular flexibility index (Phi) is 3.84. The summed E-state index contributed by atoms with van der Waals surface area (Å²) in [5.74, 6) is 0.209. The molecule has 2 heterocycles. The second-order valence-electron chi connectivity index (χ2n) is 5.12.